The van der Waals surface area contributed by atoms with Crippen molar-refractivity contribution in [3.05, 3.63) is 11.8 Å². The SMILES string of the molecule is CCC=C(C)NO[SiH](C)CC. The van der Waals surface area contributed by atoms with E-state index in [-0.39, 0.29) is 0 Å². The lowest BCUT2D eigenvalue weighted by molar-refractivity contribution is 0.231. The fourth-order valence-electron chi connectivity index (χ4n) is 0.625. The van der Waals surface area contributed by atoms with Crippen molar-refractivity contribution in [2.24, 2.45) is 0 Å². The lowest BCUT2D eigenvalue weighted by Gasteiger charge is -2.11. The van der Waals surface area contributed by atoms with Crippen LogP contribution in [0.5, 0.6) is 0 Å². The molecule has 0 amide bonds. The molecule has 0 aliphatic rings. The van der Waals surface area contributed by atoms with Crippen LogP contribution in [0.2, 0.25) is 12.6 Å². The van der Waals surface area contributed by atoms with Crippen molar-refractivity contribution in [3.8, 4) is 0 Å². The maximum Gasteiger partial charge on any atom is 0.210 e. The zero-order chi connectivity index (χ0) is 8.69. The van der Waals surface area contributed by atoms with Gasteiger partial charge in [0, 0.05) is 5.70 Å². The highest BCUT2D eigenvalue weighted by atomic mass is 28.3. The molecule has 0 saturated carbocycles. The van der Waals surface area contributed by atoms with Crippen LogP contribution in [-0.4, -0.2) is 9.04 Å². The van der Waals surface area contributed by atoms with Gasteiger partial charge in [0.25, 0.3) is 0 Å². The molecule has 0 heterocycles. The third kappa shape index (κ3) is 6.13. The van der Waals surface area contributed by atoms with Crippen LogP contribution in [0.4, 0.5) is 0 Å². The van der Waals surface area contributed by atoms with Crippen molar-refractivity contribution in [3.63, 3.8) is 0 Å². The molecule has 0 spiro atoms. The number of nitrogens with one attached hydrogen (secondary N) is 1. The standard InChI is InChI=1S/C8H19NOSi/c1-5-7-8(3)9-10-11(4)6-2/h7,9,11H,5-6H2,1-4H3. The van der Waals surface area contributed by atoms with E-state index in [9.17, 15) is 0 Å². The summed E-state index contributed by atoms with van der Waals surface area (Å²) in [6.45, 7) is 8.50. The van der Waals surface area contributed by atoms with Gasteiger partial charge < -0.3 is 4.53 Å². The Morgan fingerprint density at radius 2 is 2.18 bits per heavy atom. The van der Waals surface area contributed by atoms with Gasteiger partial charge in [-0.25, -0.2) is 0 Å². The van der Waals surface area contributed by atoms with Crippen LogP contribution in [0.1, 0.15) is 27.2 Å². The molecule has 0 radical (unpaired) electrons. The van der Waals surface area contributed by atoms with E-state index in [1.165, 1.54) is 6.04 Å². The van der Waals surface area contributed by atoms with Gasteiger partial charge in [0.05, 0.1) is 0 Å². The van der Waals surface area contributed by atoms with Crippen molar-refractivity contribution >= 4 is 9.04 Å². The fraction of sp³-hybridized carbons (Fsp3) is 0.750. The van der Waals surface area contributed by atoms with Crippen molar-refractivity contribution in [1.29, 1.82) is 0 Å². The second-order valence-electron chi connectivity index (χ2n) is 2.73. The molecular formula is C8H19NOSi. The van der Waals surface area contributed by atoms with Gasteiger partial charge in [-0.1, -0.05) is 19.9 Å². The smallest absolute Gasteiger partial charge is 0.210 e. The summed E-state index contributed by atoms with van der Waals surface area (Å²) in [6, 6.07) is 1.17. The van der Waals surface area contributed by atoms with Gasteiger partial charge >= 0.3 is 0 Å². The molecule has 0 rings (SSSR count). The zero-order valence-electron chi connectivity index (χ0n) is 7.98. The zero-order valence-corrected chi connectivity index (χ0v) is 9.13. The summed E-state index contributed by atoms with van der Waals surface area (Å²) in [5.41, 5.74) is 4.08. The summed E-state index contributed by atoms with van der Waals surface area (Å²) < 4.78 is 5.43. The van der Waals surface area contributed by atoms with Gasteiger partial charge in [-0.2, -0.15) is 0 Å². The number of allylic oxidation sites excluding steroid dienone is 2. The lowest BCUT2D eigenvalue weighted by Crippen LogP contribution is -2.22. The Kier molecular flexibility index (Phi) is 6.26. The average Bonchev–Trinajstić information content (AvgIpc) is 2.01. The Morgan fingerprint density at radius 3 is 2.64 bits per heavy atom. The van der Waals surface area contributed by atoms with Crippen LogP contribution in [0.25, 0.3) is 0 Å². The first kappa shape index (κ1) is 10.7. The number of hydrogen-bond donors (Lipinski definition) is 1. The first-order valence-corrected chi connectivity index (χ1v) is 6.73. The fourth-order valence-corrected chi connectivity index (χ4v) is 1.18. The third-order valence-electron chi connectivity index (χ3n) is 1.51. The van der Waals surface area contributed by atoms with Crippen molar-refractivity contribution < 1.29 is 4.53 Å². The third-order valence-corrected chi connectivity index (χ3v) is 3.18. The maximum absolute atomic E-state index is 5.43. The van der Waals surface area contributed by atoms with Crippen LogP contribution in [0, 0.1) is 0 Å². The second kappa shape index (κ2) is 6.43. The molecular weight excluding hydrogens is 154 g/mol. The van der Waals surface area contributed by atoms with E-state index >= 15 is 0 Å². The highest BCUT2D eigenvalue weighted by molar-refractivity contribution is 6.49. The molecule has 3 heteroatoms. The van der Waals surface area contributed by atoms with Crippen LogP contribution >= 0.6 is 0 Å². The van der Waals surface area contributed by atoms with E-state index in [2.05, 4.69) is 32.0 Å². The monoisotopic (exact) mass is 173 g/mol. The highest BCUT2D eigenvalue weighted by Crippen LogP contribution is 1.94. The molecule has 11 heavy (non-hydrogen) atoms. The molecule has 0 fully saturated rings. The Hall–Kier alpha value is -0.283. The van der Waals surface area contributed by atoms with Crippen LogP contribution < -0.4 is 5.48 Å². The van der Waals surface area contributed by atoms with Crippen molar-refractivity contribution in [1.82, 2.24) is 5.48 Å². The van der Waals surface area contributed by atoms with Gasteiger partial charge in [-0.15, -0.1) is 0 Å². The second-order valence-corrected chi connectivity index (χ2v) is 5.41. The quantitative estimate of drug-likeness (QED) is 0.508. The molecule has 0 aliphatic carbocycles. The van der Waals surface area contributed by atoms with Crippen LogP contribution in [0.3, 0.4) is 0 Å². The minimum absolute atomic E-state index is 0.914. The van der Waals surface area contributed by atoms with Gasteiger partial charge in [0.15, 0.2) is 0 Å². The summed E-state index contributed by atoms with van der Waals surface area (Å²) >= 11 is 0. The minimum atomic E-state index is -0.914. The van der Waals surface area contributed by atoms with Crippen LogP contribution in [-0.2, 0) is 4.53 Å². The summed E-state index contributed by atoms with van der Waals surface area (Å²) in [5.74, 6) is 0. The van der Waals surface area contributed by atoms with Crippen LogP contribution in [0.15, 0.2) is 11.8 Å². The number of rotatable bonds is 5. The minimum Gasteiger partial charge on any atom is -0.327 e. The Labute approximate surface area is 71.3 Å². The summed E-state index contributed by atoms with van der Waals surface area (Å²) in [4.78, 5) is 0. The Bertz CT molecular complexity index is 125. The molecule has 0 bridgehead atoms. The van der Waals surface area contributed by atoms with Gasteiger partial charge in [-0.3, -0.25) is 5.48 Å². The van der Waals surface area contributed by atoms with E-state index < -0.39 is 9.04 Å². The van der Waals surface area contributed by atoms with E-state index in [0.29, 0.717) is 0 Å². The predicted octanol–water partition coefficient (Wildman–Crippen LogP) is 2.19. The van der Waals surface area contributed by atoms with Crippen molar-refractivity contribution in [2.75, 3.05) is 0 Å². The molecule has 0 saturated heterocycles. The average molecular weight is 173 g/mol. The first-order valence-electron chi connectivity index (χ1n) is 4.29. The van der Waals surface area contributed by atoms with Gasteiger partial charge in [-0.05, 0) is 25.9 Å². The van der Waals surface area contributed by atoms with E-state index in [4.69, 9.17) is 4.53 Å². The highest BCUT2D eigenvalue weighted by Gasteiger charge is 1.99. The first-order chi connectivity index (χ1) is 5.20. The number of hydroxylamine groups is 1. The lowest BCUT2D eigenvalue weighted by atomic mass is 10.4. The molecule has 0 aromatic carbocycles. The Morgan fingerprint density at radius 1 is 1.55 bits per heavy atom. The largest absolute Gasteiger partial charge is 0.327 e. The molecule has 0 aliphatic heterocycles. The van der Waals surface area contributed by atoms with Crippen molar-refractivity contribution in [2.45, 2.75) is 39.8 Å². The van der Waals surface area contributed by atoms with Gasteiger partial charge in [0.2, 0.25) is 9.04 Å². The molecule has 1 atom stereocenters. The summed E-state index contributed by atoms with van der Waals surface area (Å²) in [7, 11) is -0.914. The molecule has 0 aromatic rings. The van der Waals surface area contributed by atoms with Gasteiger partial charge in [0.1, 0.15) is 0 Å². The topological polar surface area (TPSA) is 21.3 Å². The molecule has 1 N–H and O–H groups in total. The summed E-state index contributed by atoms with van der Waals surface area (Å²) in [6.07, 6.45) is 3.18. The molecule has 0 aromatic heterocycles. The number of hydrogen-bond acceptors (Lipinski definition) is 2. The molecule has 66 valence electrons. The van der Waals surface area contributed by atoms with E-state index in [1.54, 1.807) is 0 Å². The van der Waals surface area contributed by atoms with E-state index in [0.717, 1.165) is 12.1 Å². The molecule has 2 nitrogen and oxygen atoms in total. The normalized spacial score (nSPS) is 14.7. The van der Waals surface area contributed by atoms with E-state index in [1.807, 2.05) is 6.92 Å². The molecule has 1 unspecified atom stereocenters. The Balaban J connectivity index is 3.45. The predicted molar refractivity (Wildman–Crippen MR) is 51.8 cm³/mol. The maximum atomic E-state index is 5.43. The summed E-state index contributed by atoms with van der Waals surface area (Å²) in [5, 5.41) is 0.